The first-order valence-electron chi connectivity index (χ1n) is 6.52. The molecule has 1 fully saturated rings. The molecule has 19 heavy (non-hydrogen) atoms. The Kier molecular flexibility index (Phi) is 3.16. The third-order valence-electron chi connectivity index (χ3n) is 3.65. The molecule has 0 aromatic carbocycles. The third-order valence-corrected chi connectivity index (χ3v) is 3.65. The maximum Gasteiger partial charge on any atom is 0.129 e. The van der Waals surface area contributed by atoms with E-state index in [4.69, 9.17) is 5.73 Å². The van der Waals surface area contributed by atoms with Gasteiger partial charge in [-0.25, -0.2) is 15.0 Å². The molecule has 0 bridgehead atoms. The summed E-state index contributed by atoms with van der Waals surface area (Å²) >= 11 is 0. The Morgan fingerprint density at radius 3 is 2.89 bits per heavy atom. The molecule has 0 saturated heterocycles. The molecule has 0 radical (unpaired) electrons. The monoisotopic (exact) mass is 258 g/mol. The smallest absolute Gasteiger partial charge is 0.129 e. The van der Waals surface area contributed by atoms with Gasteiger partial charge >= 0.3 is 0 Å². The minimum absolute atomic E-state index is 0.336. The Balaban J connectivity index is 1.65. The molecule has 2 heterocycles. The van der Waals surface area contributed by atoms with Crippen LogP contribution in [0.4, 0.5) is 5.82 Å². The number of rotatable bonds is 4. The van der Waals surface area contributed by atoms with Crippen molar-refractivity contribution in [2.75, 3.05) is 5.32 Å². The number of hydrogen-bond acceptors (Lipinski definition) is 5. The fraction of sp³-hybridized carbons (Fsp3) is 0.462. The van der Waals surface area contributed by atoms with E-state index < -0.39 is 0 Å². The van der Waals surface area contributed by atoms with Crippen molar-refractivity contribution < 1.29 is 0 Å². The lowest BCUT2D eigenvalue weighted by atomic mass is 9.79. The molecule has 1 aliphatic rings. The molecule has 0 unspecified atom stereocenters. The van der Waals surface area contributed by atoms with Crippen LogP contribution in [-0.4, -0.2) is 26.0 Å². The van der Waals surface area contributed by atoms with E-state index in [2.05, 4.69) is 25.3 Å². The number of hydrogen-bond donors (Lipinski definition) is 3. The average Bonchev–Trinajstić information content (AvgIpc) is 2.79. The Morgan fingerprint density at radius 2 is 2.21 bits per heavy atom. The number of nitrogens with one attached hydrogen (secondary N) is 2. The molecule has 6 nitrogen and oxygen atoms in total. The second-order valence-corrected chi connectivity index (χ2v) is 5.08. The van der Waals surface area contributed by atoms with Gasteiger partial charge in [-0.1, -0.05) is 0 Å². The van der Waals surface area contributed by atoms with Crippen molar-refractivity contribution in [3.8, 4) is 0 Å². The molecule has 0 aliphatic heterocycles. The maximum atomic E-state index is 5.81. The van der Waals surface area contributed by atoms with Gasteiger partial charge in [0.05, 0.1) is 18.6 Å². The van der Waals surface area contributed by atoms with Crippen LogP contribution >= 0.6 is 0 Å². The average molecular weight is 258 g/mol. The zero-order valence-electron chi connectivity index (χ0n) is 10.9. The standard InChI is InChI=1S/C13H18N6/c1-8-12(18-6-16-8)5-15-13-4-11(17-7-19-13)9-2-10(14)3-9/h4,6-7,9-10H,2-3,5,14H2,1H3,(H,16,18)(H,15,17,19). The number of nitrogens with two attached hydrogens (primary N) is 1. The topological polar surface area (TPSA) is 92.5 Å². The van der Waals surface area contributed by atoms with Gasteiger partial charge in [-0.15, -0.1) is 0 Å². The second kappa shape index (κ2) is 4.97. The van der Waals surface area contributed by atoms with E-state index in [9.17, 15) is 0 Å². The number of nitrogens with zero attached hydrogens (tertiary/aromatic N) is 3. The minimum Gasteiger partial charge on any atom is -0.364 e. The lowest BCUT2D eigenvalue weighted by molar-refractivity contribution is 0.345. The molecule has 0 spiro atoms. The molecule has 1 saturated carbocycles. The molecule has 1 aliphatic carbocycles. The molecule has 0 amide bonds. The van der Waals surface area contributed by atoms with Crippen molar-refractivity contribution in [2.45, 2.75) is 38.3 Å². The van der Waals surface area contributed by atoms with Crippen LogP contribution in [0.25, 0.3) is 0 Å². The molecule has 6 heteroatoms. The van der Waals surface area contributed by atoms with Crippen LogP contribution in [0, 0.1) is 6.92 Å². The first-order chi connectivity index (χ1) is 9.22. The normalized spacial score (nSPS) is 22.0. The number of aryl methyl sites for hydroxylation is 1. The number of aromatic amines is 1. The molecular formula is C13H18N6. The van der Waals surface area contributed by atoms with Crippen LogP contribution in [0.3, 0.4) is 0 Å². The molecule has 100 valence electrons. The fourth-order valence-electron chi connectivity index (χ4n) is 2.34. The quantitative estimate of drug-likeness (QED) is 0.769. The summed E-state index contributed by atoms with van der Waals surface area (Å²) in [6.45, 7) is 2.67. The van der Waals surface area contributed by atoms with E-state index in [0.29, 0.717) is 18.5 Å². The Morgan fingerprint density at radius 1 is 1.37 bits per heavy atom. The number of imidazole rings is 1. The first kappa shape index (κ1) is 12.1. The Bertz CT molecular complexity index is 558. The highest BCUT2D eigenvalue weighted by atomic mass is 15.0. The van der Waals surface area contributed by atoms with Gasteiger partial charge in [-0.3, -0.25) is 0 Å². The van der Waals surface area contributed by atoms with Gasteiger partial charge in [0.25, 0.3) is 0 Å². The molecular weight excluding hydrogens is 240 g/mol. The summed E-state index contributed by atoms with van der Waals surface area (Å²) in [5.74, 6) is 1.33. The maximum absolute atomic E-state index is 5.81. The second-order valence-electron chi connectivity index (χ2n) is 5.08. The minimum atomic E-state index is 0.336. The Hall–Kier alpha value is -1.95. The van der Waals surface area contributed by atoms with Gasteiger partial charge in [0.1, 0.15) is 12.1 Å². The van der Waals surface area contributed by atoms with Gasteiger partial charge in [-0.05, 0) is 19.8 Å². The lowest BCUT2D eigenvalue weighted by Gasteiger charge is -2.31. The Labute approximate surface area is 111 Å². The molecule has 4 N–H and O–H groups in total. The largest absolute Gasteiger partial charge is 0.364 e. The molecule has 2 aromatic heterocycles. The van der Waals surface area contributed by atoms with Crippen LogP contribution in [0.15, 0.2) is 18.7 Å². The van der Waals surface area contributed by atoms with Crippen LogP contribution in [-0.2, 0) is 6.54 Å². The van der Waals surface area contributed by atoms with Crippen molar-refractivity contribution in [1.82, 2.24) is 19.9 Å². The van der Waals surface area contributed by atoms with Crippen molar-refractivity contribution >= 4 is 5.82 Å². The molecule has 3 rings (SSSR count). The third kappa shape index (κ3) is 2.58. The van der Waals surface area contributed by atoms with Crippen molar-refractivity contribution in [3.63, 3.8) is 0 Å². The van der Waals surface area contributed by atoms with E-state index in [1.54, 1.807) is 12.7 Å². The van der Waals surface area contributed by atoms with Gasteiger partial charge in [-0.2, -0.15) is 0 Å². The van der Waals surface area contributed by atoms with E-state index in [1.165, 1.54) is 0 Å². The van der Waals surface area contributed by atoms with Crippen LogP contribution < -0.4 is 11.1 Å². The number of anilines is 1. The summed E-state index contributed by atoms with van der Waals surface area (Å²) < 4.78 is 0. The predicted octanol–water partition coefficient (Wildman–Crippen LogP) is 1.32. The van der Waals surface area contributed by atoms with E-state index in [0.717, 1.165) is 35.7 Å². The zero-order valence-corrected chi connectivity index (χ0v) is 10.9. The highest BCUT2D eigenvalue weighted by Gasteiger charge is 2.28. The van der Waals surface area contributed by atoms with E-state index >= 15 is 0 Å². The summed E-state index contributed by atoms with van der Waals surface area (Å²) in [5.41, 5.74) is 8.98. The van der Waals surface area contributed by atoms with Crippen LogP contribution in [0.1, 0.15) is 35.8 Å². The fourth-order valence-corrected chi connectivity index (χ4v) is 2.34. The lowest BCUT2D eigenvalue weighted by Crippen LogP contribution is -2.35. The van der Waals surface area contributed by atoms with Gasteiger partial charge < -0.3 is 16.0 Å². The highest BCUT2D eigenvalue weighted by molar-refractivity contribution is 5.37. The number of H-pyrrole nitrogens is 1. The van der Waals surface area contributed by atoms with Crippen molar-refractivity contribution in [1.29, 1.82) is 0 Å². The summed E-state index contributed by atoms with van der Waals surface area (Å²) in [6, 6.07) is 2.35. The molecule has 0 atom stereocenters. The predicted molar refractivity (Wildman–Crippen MR) is 72.6 cm³/mol. The summed E-state index contributed by atoms with van der Waals surface area (Å²) in [5, 5.41) is 3.28. The van der Waals surface area contributed by atoms with Gasteiger partial charge in [0, 0.05) is 29.4 Å². The van der Waals surface area contributed by atoms with Crippen molar-refractivity contribution in [3.05, 3.63) is 35.8 Å². The number of aromatic nitrogens is 4. The SMILES string of the molecule is Cc1[nH]cnc1CNc1cc(C2CC(N)C2)ncn1. The van der Waals surface area contributed by atoms with Gasteiger partial charge in [0.2, 0.25) is 0 Å². The van der Waals surface area contributed by atoms with Gasteiger partial charge in [0.15, 0.2) is 0 Å². The van der Waals surface area contributed by atoms with E-state index in [1.807, 2.05) is 13.0 Å². The summed E-state index contributed by atoms with van der Waals surface area (Å²) in [6.07, 6.45) is 5.36. The molecule has 2 aromatic rings. The first-order valence-corrected chi connectivity index (χ1v) is 6.52. The summed E-state index contributed by atoms with van der Waals surface area (Å²) in [4.78, 5) is 15.9. The van der Waals surface area contributed by atoms with Crippen LogP contribution in [0.2, 0.25) is 0 Å². The highest BCUT2D eigenvalue weighted by Crippen LogP contribution is 2.34. The summed E-state index contributed by atoms with van der Waals surface area (Å²) in [7, 11) is 0. The van der Waals surface area contributed by atoms with Crippen molar-refractivity contribution in [2.24, 2.45) is 5.73 Å². The van der Waals surface area contributed by atoms with E-state index in [-0.39, 0.29) is 0 Å². The van der Waals surface area contributed by atoms with Crippen LogP contribution in [0.5, 0.6) is 0 Å². The zero-order chi connectivity index (χ0) is 13.2.